The fraction of sp³-hybridized carbons (Fsp3) is 0.800. The van der Waals surface area contributed by atoms with E-state index in [0.29, 0.717) is 11.5 Å². The van der Waals surface area contributed by atoms with Gasteiger partial charge in [0.05, 0.1) is 11.5 Å². The average molecular weight is 200 g/mol. The van der Waals surface area contributed by atoms with Crippen LogP contribution in [0.15, 0.2) is 11.1 Å². The lowest BCUT2D eigenvalue weighted by Gasteiger charge is -2.31. The van der Waals surface area contributed by atoms with Crippen molar-refractivity contribution in [3.63, 3.8) is 0 Å². The average Bonchev–Trinajstić information content (AvgIpc) is 2.25. The minimum atomic E-state index is -2.77. The van der Waals surface area contributed by atoms with Gasteiger partial charge in [0.15, 0.2) is 9.84 Å². The Labute approximate surface area is 79.9 Å². The van der Waals surface area contributed by atoms with Gasteiger partial charge in [0.2, 0.25) is 0 Å². The van der Waals surface area contributed by atoms with Crippen molar-refractivity contribution in [1.29, 1.82) is 0 Å². The SMILES string of the molecule is CC1(C)CCCC2=C1CS(=O)(=O)C2. The van der Waals surface area contributed by atoms with Crippen LogP contribution >= 0.6 is 0 Å². The zero-order chi connectivity index (χ0) is 9.69. The number of hydrogen-bond donors (Lipinski definition) is 0. The lowest BCUT2D eigenvalue weighted by Crippen LogP contribution is -2.20. The first-order chi connectivity index (χ1) is 5.91. The molecule has 1 aliphatic heterocycles. The van der Waals surface area contributed by atoms with Crippen molar-refractivity contribution < 1.29 is 8.42 Å². The zero-order valence-corrected chi connectivity index (χ0v) is 9.08. The van der Waals surface area contributed by atoms with Gasteiger partial charge in [-0.05, 0) is 30.3 Å². The minimum Gasteiger partial charge on any atom is -0.228 e. The third-order valence-electron chi connectivity index (χ3n) is 3.28. The molecule has 0 aromatic heterocycles. The highest BCUT2D eigenvalue weighted by Gasteiger charge is 2.38. The molecule has 74 valence electrons. The molecule has 13 heavy (non-hydrogen) atoms. The van der Waals surface area contributed by atoms with Gasteiger partial charge in [-0.2, -0.15) is 0 Å². The highest BCUT2D eigenvalue weighted by atomic mass is 32.2. The van der Waals surface area contributed by atoms with Gasteiger partial charge >= 0.3 is 0 Å². The maximum absolute atomic E-state index is 11.4. The van der Waals surface area contributed by atoms with Gasteiger partial charge in [-0.3, -0.25) is 0 Å². The summed E-state index contributed by atoms with van der Waals surface area (Å²) in [7, 11) is -2.77. The van der Waals surface area contributed by atoms with Crippen LogP contribution in [0.1, 0.15) is 33.1 Å². The van der Waals surface area contributed by atoms with Gasteiger partial charge < -0.3 is 0 Å². The molecule has 0 aromatic rings. The van der Waals surface area contributed by atoms with Crippen LogP contribution in [0, 0.1) is 5.41 Å². The molecular formula is C10H16O2S. The third-order valence-corrected chi connectivity index (χ3v) is 4.80. The molecule has 0 N–H and O–H groups in total. The van der Waals surface area contributed by atoms with Crippen molar-refractivity contribution in [2.75, 3.05) is 11.5 Å². The van der Waals surface area contributed by atoms with Crippen molar-refractivity contribution in [1.82, 2.24) is 0 Å². The molecule has 2 aliphatic rings. The number of hydrogen-bond acceptors (Lipinski definition) is 2. The van der Waals surface area contributed by atoms with Crippen molar-refractivity contribution in [2.24, 2.45) is 5.41 Å². The van der Waals surface area contributed by atoms with Gasteiger partial charge in [0.1, 0.15) is 0 Å². The molecule has 0 unspecified atom stereocenters. The molecule has 1 heterocycles. The van der Waals surface area contributed by atoms with E-state index < -0.39 is 9.84 Å². The summed E-state index contributed by atoms with van der Waals surface area (Å²) in [6, 6.07) is 0. The van der Waals surface area contributed by atoms with E-state index in [1.165, 1.54) is 11.1 Å². The van der Waals surface area contributed by atoms with Gasteiger partial charge in [-0.1, -0.05) is 19.4 Å². The van der Waals surface area contributed by atoms with Gasteiger partial charge in [-0.25, -0.2) is 8.42 Å². The van der Waals surface area contributed by atoms with E-state index in [9.17, 15) is 8.42 Å². The summed E-state index contributed by atoms with van der Waals surface area (Å²) in [5.41, 5.74) is 2.58. The van der Waals surface area contributed by atoms with Gasteiger partial charge in [-0.15, -0.1) is 0 Å². The lowest BCUT2D eigenvalue weighted by atomic mass is 9.74. The highest BCUT2D eigenvalue weighted by molar-refractivity contribution is 7.92. The molecule has 0 bridgehead atoms. The highest BCUT2D eigenvalue weighted by Crippen LogP contribution is 2.44. The summed E-state index contributed by atoms with van der Waals surface area (Å²) >= 11 is 0. The Morgan fingerprint density at radius 3 is 2.54 bits per heavy atom. The van der Waals surface area contributed by atoms with E-state index in [4.69, 9.17) is 0 Å². The van der Waals surface area contributed by atoms with Gasteiger partial charge in [0, 0.05) is 0 Å². The standard InChI is InChI=1S/C10H16O2S/c1-10(2)5-3-4-8-6-13(11,12)7-9(8)10/h3-7H2,1-2H3. The Morgan fingerprint density at radius 2 is 1.92 bits per heavy atom. The molecule has 0 fully saturated rings. The fourth-order valence-corrected chi connectivity index (χ4v) is 4.50. The molecule has 2 nitrogen and oxygen atoms in total. The molecule has 2 rings (SSSR count). The Morgan fingerprint density at radius 1 is 1.23 bits per heavy atom. The van der Waals surface area contributed by atoms with Crippen LogP contribution in [0.5, 0.6) is 0 Å². The zero-order valence-electron chi connectivity index (χ0n) is 8.26. The molecule has 0 saturated heterocycles. The normalized spacial score (nSPS) is 30.3. The first-order valence-corrected chi connectivity index (χ1v) is 6.65. The predicted octanol–water partition coefficient (Wildman–Crippen LogP) is 1.92. The third kappa shape index (κ3) is 1.54. The summed E-state index contributed by atoms with van der Waals surface area (Å²) < 4.78 is 22.9. The van der Waals surface area contributed by atoms with E-state index in [2.05, 4.69) is 13.8 Å². The molecule has 0 radical (unpaired) electrons. The van der Waals surface area contributed by atoms with Crippen molar-refractivity contribution in [3.05, 3.63) is 11.1 Å². The Bertz CT molecular complexity index is 360. The maximum atomic E-state index is 11.4. The molecule has 0 spiro atoms. The first-order valence-electron chi connectivity index (χ1n) is 4.82. The molecule has 0 atom stereocenters. The maximum Gasteiger partial charge on any atom is 0.157 e. The smallest absolute Gasteiger partial charge is 0.157 e. The molecular weight excluding hydrogens is 184 g/mol. The van der Waals surface area contributed by atoms with E-state index in [0.717, 1.165) is 19.3 Å². The number of sulfone groups is 1. The quantitative estimate of drug-likeness (QED) is 0.560. The summed E-state index contributed by atoms with van der Waals surface area (Å²) in [5.74, 6) is 0.668. The molecule has 3 heteroatoms. The van der Waals surface area contributed by atoms with Crippen LogP contribution in [-0.4, -0.2) is 19.9 Å². The second kappa shape index (κ2) is 2.59. The topological polar surface area (TPSA) is 34.1 Å². The van der Waals surface area contributed by atoms with Crippen LogP contribution in [0.25, 0.3) is 0 Å². The van der Waals surface area contributed by atoms with E-state index in [1.807, 2.05) is 0 Å². The lowest BCUT2D eigenvalue weighted by molar-refractivity contribution is 0.371. The van der Waals surface area contributed by atoms with Crippen LogP contribution < -0.4 is 0 Å². The molecule has 0 aromatic carbocycles. The minimum absolute atomic E-state index is 0.136. The van der Waals surface area contributed by atoms with Crippen LogP contribution in [0.3, 0.4) is 0 Å². The Hall–Kier alpha value is -0.310. The largest absolute Gasteiger partial charge is 0.228 e. The Balaban J connectivity index is 2.41. The van der Waals surface area contributed by atoms with E-state index >= 15 is 0 Å². The van der Waals surface area contributed by atoms with Crippen molar-refractivity contribution >= 4 is 9.84 Å². The summed E-state index contributed by atoms with van der Waals surface area (Å²) in [4.78, 5) is 0. The molecule has 0 amide bonds. The second-order valence-electron chi connectivity index (χ2n) is 4.85. The Kier molecular flexibility index (Phi) is 1.85. The van der Waals surface area contributed by atoms with Crippen molar-refractivity contribution in [3.8, 4) is 0 Å². The molecule has 1 aliphatic carbocycles. The van der Waals surface area contributed by atoms with Gasteiger partial charge in [0.25, 0.3) is 0 Å². The summed E-state index contributed by atoms with van der Waals surface area (Å²) in [6.45, 7) is 4.34. The second-order valence-corrected chi connectivity index (χ2v) is 6.92. The van der Waals surface area contributed by atoms with E-state index in [1.54, 1.807) is 0 Å². The first kappa shape index (κ1) is 9.25. The van der Waals surface area contributed by atoms with Crippen molar-refractivity contribution in [2.45, 2.75) is 33.1 Å². The summed E-state index contributed by atoms with van der Waals surface area (Å²) in [5, 5.41) is 0. The number of rotatable bonds is 0. The predicted molar refractivity (Wildman–Crippen MR) is 53.3 cm³/mol. The monoisotopic (exact) mass is 200 g/mol. The summed E-state index contributed by atoms with van der Waals surface area (Å²) in [6.07, 6.45) is 3.31. The molecule has 0 saturated carbocycles. The van der Waals surface area contributed by atoms with Crippen LogP contribution in [0.4, 0.5) is 0 Å². The fourth-order valence-electron chi connectivity index (χ4n) is 2.52. The van der Waals surface area contributed by atoms with Crippen LogP contribution in [-0.2, 0) is 9.84 Å². The van der Waals surface area contributed by atoms with E-state index in [-0.39, 0.29) is 5.41 Å². The van der Waals surface area contributed by atoms with Crippen LogP contribution in [0.2, 0.25) is 0 Å².